The summed E-state index contributed by atoms with van der Waals surface area (Å²) in [5.74, 6) is -3.11. The van der Waals surface area contributed by atoms with Gasteiger partial charge in [0.1, 0.15) is 15.6 Å². The fourth-order valence-electron chi connectivity index (χ4n) is 2.40. The number of amides is 1. The highest BCUT2D eigenvalue weighted by Gasteiger charge is 2.28. The molecule has 1 aromatic heterocycles. The maximum atomic E-state index is 12.4. The summed E-state index contributed by atoms with van der Waals surface area (Å²) >= 11 is 0.812. The Kier molecular flexibility index (Phi) is 6.57. The highest BCUT2D eigenvalue weighted by Crippen LogP contribution is 2.34. The first kappa shape index (κ1) is 21.6. The highest BCUT2D eigenvalue weighted by atomic mass is 32.2. The number of rotatable bonds is 6. The molecular weight excluding hydrogens is 406 g/mol. The number of esters is 2. The molecule has 1 amide bonds. The van der Waals surface area contributed by atoms with E-state index in [1.165, 1.54) is 26.2 Å². The normalized spacial score (nSPS) is 11.0. The van der Waals surface area contributed by atoms with Crippen molar-refractivity contribution in [1.29, 1.82) is 0 Å². The van der Waals surface area contributed by atoms with E-state index in [4.69, 9.17) is 4.74 Å². The van der Waals surface area contributed by atoms with Crippen LogP contribution in [-0.2, 0) is 24.1 Å². The lowest BCUT2D eigenvalue weighted by atomic mass is 10.1. The topological polar surface area (TPSA) is 116 Å². The van der Waals surface area contributed by atoms with Crippen molar-refractivity contribution >= 4 is 44.0 Å². The molecule has 1 aromatic carbocycles. The molecular formula is C18H19NO7S2. The summed E-state index contributed by atoms with van der Waals surface area (Å²) in [6.45, 7) is 3.32. The first-order chi connectivity index (χ1) is 13.1. The molecule has 0 aliphatic carbocycles. The largest absolute Gasteiger partial charge is 0.465 e. The Labute approximate surface area is 166 Å². The van der Waals surface area contributed by atoms with Gasteiger partial charge >= 0.3 is 11.9 Å². The van der Waals surface area contributed by atoms with Crippen molar-refractivity contribution < 1.29 is 32.3 Å². The average molecular weight is 425 g/mol. The van der Waals surface area contributed by atoms with E-state index in [0.29, 0.717) is 0 Å². The third kappa shape index (κ3) is 4.57. The molecule has 0 aliphatic heterocycles. The van der Waals surface area contributed by atoms with Crippen molar-refractivity contribution in [2.75, 3.05) is 25.3 Å². The van der Waals surface area contributed by atoms with Gasteiger partial charge in [0.2, 0.25) is 5.91 Å². The number of carbonyl (C=O) groups excluding carboxylic acids is 3. The van der Waals surface area contributed by atoms with Crippen molar-refractivity contribution in [2.45, 2.75) is 18.7 Å². The van der Waals surface area contributed by atoms with Crippen LogP contribution < -0.4 is 5.32 Å². The van der Waals surface area contributed by atoms with Crippen molar-refractivity contribution in [2.24, 2.45) is 0 Å². The second-order valence-corrected chi connectivity index (χ2v) is 8.87. The SMILES string of the molecule is COC(=O)c1sc(NC(=O)CS(=O)(=O)c2ccc(C)cc2)c(C(=O)OC)c1C. The standard InChI is InChI=1S/C18H19NO7S2/c1-10-5-7-12(8-6-10)28(23,24)9-13(20)19-16-14(17(21)25-3)11(2)15(27-16)18(22)26-4/h5-8H,9H2,1-4H3,(H,19,20). The van der Waals surface area contributed by atoms with Crippen molar-refractivity contribution in [1.82, 2.24) is 0 Å². The number of benzene rings is 1. The molecule has 0 radical (unpaired) electrons. The van der Waals surface area contributed by atoms with E-state index in [-0.39, 0.29) is 25.9 Å². The Hall–Kier alpha value is -2.72. The van der Waals surface area contributed by atoms with E-state index in [2.05, 4.69) is 10.1 Å². The number of thiophene rings is 1. The maximum Gasteiger partial charge on any atom is 0.348 e. The second-order valence-electron chi connectivity index (χ2n) is 5.86. The zero-order valence-corrected chi connectivity index (χ0v) is 17.3. The number of carbonyl (C=O) groups is 3. The Balaban J connectivity index is 2.31. The second kappa shape index (κ2) is 8.53. The average Bonchev–Trinajstić information content (AvgIpc) is 2.96. The van der Waals surface area contributed by atoms with Crippen LogP contribution in [-0.4, -0.2) is 46.2 Å². The molecule has 0 fully saturated rings. The summed E-state index contributed by atoms with van der Waals surface area (Å²) in [4.78, 5) is 36.4. The summed E-state index contributed by atoms with van der Waals surface area (Å²) in [7, 11) is -1.53. The predicted octanol–water partition coefficient (Wildman–Crippen LogP) is 2.35. The maximum absolute atomic E-state index is 12.4. The quantitative estimate of drug-likeness (QED) is 0.706. The summed E-state index contributed by atoms with van der Waals surface area (Å²) in [6, 6.07) is 6.10. The molecule has 0 unspecified atom stereocenters. The summed E-state index contributed by atoms with van der Waals surface area (Å²) in [5, 5.41) is 2.42. The van der Waals surface area contributed by atoms with Gasteiger partial charge in [0.15, 0.2) is 9.84 Å². The van der Waals surface area contributed by atoms with Crippen LogP contribution in [0.15, 0.2) is 29.2 Å². The minimum atomic E-state index is -3.87. The molecule has 0 aliphatic rings. The lowest BCUT2D eigenvalue weighted by molar-refractivity contribution is -0.113. The van der Waals surface area contributed by atoms with Gasteiger partial charge < -0.3 is 14.8 Å². The van der Waals surface area contributed by atoms with Crippen LogP contribution >= 0.6 is 11.3 Å². The lowest BCUT2D eigenvalue weighted by Crippen LogP contribution is -2.23. The van der Waals surface area contributed by atoms with E-state index in [9.17, 15) is 22.8 Å². The number of nitrogens with one attached hydrogen (secondary N) is 1. The van der Waals surface area contributed by atoms with Crippen molar-refractivity contribution in [3.05, 3.63) is 45.8 Å². The fourth-order valence-corrected chi connectivity index (χ4v) is 4.67. The molecule has 0 saturated carbocycles. The van der Waals surface area contributed by atoms with Crippen LogP contribution in [0, 0.1) is 13.8 Å². The molecule has 28 heavy (non-hydrogen) atoms. The van der Waals surface area contributed by atoms with Crippen LogP contribution in [0.5, 0.6) is 0 Å². The van der Waals surface area contributed by atoms with Gasteiger partial charge in [-0.2, -0.15) is 0 Å². The van der Waals surface area contributed by atoms with E-state index in [0.717, 1.165) is 24.0 Å². The fraction of sp³-hybridized carbons (Fsp3) is 0.278. The molecule has 0 bridgehead atoms. The Bertz CT molecular complexity index is 1020. The van der Waals surface area contributed by atoms with E-state index in [1.54, 1.807) is 12.1 Å². The minimum Gasteiger partial charge on any atom is -0.465 e. The highest BCUT2D eigenvalue weighted by molar-refractivity contribution is 7.92. The zero-order chi connectivity index (χ0) is 21.1. The summed E-state index contributed by atoms with van der Waals surface area (Å²) in [5.41, 5.74) is 1.14. The van der Waals surface area contributed by atoms with E-state index >= 15 is 0 Å². The molecule has 8 nitrogen and oxygen atoms in total. The molecule has 10 heteroatoms. The van der Waals surface area contributed by atoms with Gasteiger partial charge in [-0.05, 0) is 31.5 Å². The molecule has 2 rings (SSSR count). The Morgan fingerprint density at radius 2 is 1.57 bits per heavy atom. The molecule has 1 heterocycles. The van der Waals surface area contributed by atoms with Crippen molar-refractivity contribution in [3.63, 3.8) is 0 Å². The van der Waals surface area contributed by atoms with E-state index in [1.807, 2.05) is 6.92 Å². The molecule has 150 valence electrons. The van der Waals surface area contributed by atoms with Crippen LogP contribution in [0.1, 0.15) is 31.2 Å². The number of methoxy groups -OCH3 is 2. The van der Waals surface area contributed by atoms with Gasteiger partial charge in [0, 0.05) is 0 Å². The van der Waals surface area contributed by atoms with Gasteiger partial charge in [-0.3, -0.25) is 4.79 Å². The van der Waals surface area contributed by atoms with Gasteiger partial charge in [0.05, 0.1) is 24.7 Å². The van der Waals surface area contributed by atoms with Crippen molar-refractivity contribution in [3.8, 4) is 0 Å². The molecule has 0 saturated heterocycles. The molecule has 0 spiro atoms. The minimum absolute atomic E-state index is 0.0130. The predicted molar refractivity (Wildman–Crippen MR) is 104 cm³/mol. The van der Waals surface area contributed by atoms with Crippen LogP contribution in [0.2, 0.25) is 0 Å². The first-order valence-electron chi connectivity index (χ1n) is 8.00. The number of anilines is 1. The van der Waals surface area contributed by atoms with Crippen LogP contribution in [0.25, 0.3) is 0 Å². The molecule has 2 aromatic rings. The monoisotopic (exact) mass is 425 g/mol. The summed E-state index contributed by atoms with van der Waals surface area (Å²) < 4.78 is 34.2. The first-order valence-corrected chi connectivity index (χ1v) is 10.5. The molecule has 1 N–H and O–H groups in total. The van der Waals surface area contributed by atoms with Gasteiger partial charge in [-0.1, -0.05) is 17.7 Å². The number of hydrogen-bond acceptors (Lipinski definition) is 8. The van der Waals surface area contributed by atoms with Gasteiger partial charge in [-0.15, -0.1) is 11.3 Å². The number of hydrogen-bond donors (Lipinski definition) is 1. The van der Waals surface area contributed by atoms with Crippen LogP contribution in [0.4, 0.5) is 5.00 Å². The molecule has 0 atom stereocenters. The number of aryl methyl sites for hydroxylation is 1. The third-order valence-electron chi connectivity index (χ3n) is 3.86. The number of ether oxygens (including phenoxy) is 2. The van der Waals surface area contributed by atoms with E-state index < -0.39 is 33.4 Å². The van der Waals surface area contributed by atoms with Crippen LogP contribution in [0.3, 0.4) is 0 Å². The zero-order valence-electron chi connectivity index (χ0n) is 15.7. The van der Waals surface area contributed by atoms with Gasteiger partial charge in [-0.25, -0.2) is 18.0 Å². The Morgan fingerprint density at radius 1 is 1.00 bits per heavy atom. The Morgan fingerprint density at radius 3 is 2.11 bits per heavy atom. The summed E-state index contributed by atoms with van der Waals surface area (Å²) in [6.07, 6.45) is 0. The van der Waals surface area contributed by atoms with Gasteiger partial charge in [0.25, 0.3) is 0 Å². The third-order valence-corrected chi connectivity index (χ3v) is 6.68. The number of sulfone groups is 1. The lowest BCUT2D eigenvalue weighted by Gasteiger charge is -2.07. The smallest absolute Gasteiger partial charge is 0.348 e.